The molecule has 2 saturated carbocycles. The van der Waals surface area contributed by atoms with Crippen LogP contribution in [0.15, 0.2) is 36.2 Å². The zero-order valence-corrected chi connectivity index (χ0v) is 16.3. The van der Waals surface area contributed by atoms with Gasteiger partial charge in [0.1, 0.15) is 12.0 Å². The van der Waals surface area contributed by atoms with Gasteiger partial charge in [0, 0.05) is 12.6 Å². The fourth-order valence-corrected chi connectivity index (χ4v) is 7.19. The molecule has 144 valence electrons. The molecule has 1 aromatic rings. The van der Waals surface area contributed by atoms with Crippen molar-refractivity contribution in [1.82, 2.24) is 4.98 Å². The van der Waals surface area contributed by atoms with E-state index in [9.17, 15) is 8.78 Å². The van der Waals surface area contributed by atoms with Crippen LogP contribution in [0.2, 0.25) is 0 Å². The predicted octanol–water partition coefficient (Wildman–Crippen LogP) is 6.51. The molecule has 0 spiro atoms. The summed E-state index contributed by atoms with van der Waals surface area (Å²) >= 11 is 0. The molecule has 0 bridgehead atoms. The first kappa shape index (κ1) is 17.6. The van der Waals surface area contributed by atoms with E-state index in [1.807, 2.05) is 6.20 Å². The first-order valence-corrected chi connectivity index (χ1v) is 10.6. The maximum Gasteiger partial charge on any atom is 0.142 e. The summed E-state index contributed by atoms with van der Waals surface area (Å²) in [5.41, 5.74) is 3.94. The standard InChI is InChI=1S/C24H29F2N/c1-23-9-7-17(25)12-16(23)3-4-19-21-6-5-20(15-11-18(26)14-27-13-15)24(21,2)10-8-22(19)23/h3,5,11,13-14,17,19,21-22H,4,6-10,12H2,1-2H3/t17?,19?,21?,22?,23-,24+/m0/s1. The van der Waals surface area contributed by atoms with Crippen LogP contribution >= 0.6 is 0 Å². The van der Waals surface area contributed by atoms with Crippen molar-refractivity contribution in [1.29, 1.82) is 0 Å². The highest BCUT2D eigenvalue weighted by Crippen LogP contribution is 2.66. The largest absolute Gasteiger partial charge is 0.261 e. The molecule has 0 N–H and O–H groups in total. The van der Waals surface area contributed by atoms with Gasteiger partial charge in [0.15, 0.2) is 0 Å². The first-order valence-electron chi connectivity index (χ1n) is 10.6. The van der Waals surface area contributed by atoms with E-state index in [1.165, 1.54) is 23.8 Å². The number of allylic oxidation sites excluding steroid dienone is 4. The highest BCUT2D eigenvalue weighted by molar-refractivity contribution is 5.72. The van der Waals surface area contributed by atoms with Crippen LogP contribution in [0.25, 0.3) is 5.57 Å². The van der Waals surface area contributed by atoms with Gasteiger partial charge in [-0.3, -0.25) is 4.98 Å². The van der Waals surface area contributed by atoms with E-state index in [1.54, 1.807) is 6.07 Å². The molecule has 1 aromatic heterocycles. The molecule has 0 aromatic carbocycles. The van der Waals surface area contributed by atoms with E-state index < -0.39 is 6.17 Å². The molecule has 4 aliphatic rings. The number of hydrogen-bond donors (Lipinski definition) is 0. The van der Waals surface area contributed by atoms with Crippen molar-refractivity contribution in [3.8, 4) is 0 Å². The van der Waals surface area contributed by atoms with Gasteiger partial charge in [-0.05, 0) is 84.3 Å². The predicted molar refractivity (Wildman–Crippen MR) is 104 cm³/mol. The third-order valence-corrected chi connectivity index (χ3v) is 8.64. The normalized spacial score (nSPS) is 43.3. The minimum Gasteiger partial charge on any atom is -0.261 e. The molecule has 0 saturated heterocycles. The molecule has 4 aliphatic carbocycles. The lowest BCUT2D eigenvalue weighted by Crippen LogP contribution is -2.49. The summed E-state index contributed by atoms with van der Waals surface area (Å²) in [5.74, 6) is 1.67. The number of hydrogen-bond acceptors (Lipinski definition) is 1. The Kier molecular flexibility index (Phi) is 3.90. The average molecular weight is 369 g/mol. The van der Waals surface area contributed by atoms with Gasteiger partial charge in [0.05, 0.1) is 6.20 Å². The summed E-state index contributed by atoms with van der Waals surface area (Å²) in [6.45, 7) is 4.79. The zero-order valence-electron chi connectivity index (χ0n) is 16.3. The highest BCUT2D eigenvalue weighted by Gasteiger charge is 2.56. The number of alkyl halides is 1. The molecular formula is C24H29F2N. The van der Waals surface area contributed by atoms with Gasteiger partial charge in [0.2, 0.25) is 0 Å². The van der Waals surface area contributed by atoms with Crippen molar-refractivity contribution in [2.75, 3.05) is 0 Å². The van der Waals surface area contributed by atoms with Crippen LogP contribution in [0.3, 0.4) is 0 Å². The van der Waals surface area contributed by atoms with Crippen molar-refractivity contribution in [3.63, 3.8) is 0 Å². The van der Waals surface area contributed by atoms with Crippen LogP contribution in [-0.2, 0) is 0 Å². The quantitative estimate of drug-likeness (QED) is 0.514. The van der Waals surface area contributed by atoms with Gasteiger partial charge in [0.25, 0.3) is 0 Å². The van der Waals surface area contributed by atoms with Crippen molar-refractivity contribution in [2.24, 2.45) is 28.6 Å². The molecule has 0 amide bonds. The van der Waals surface area contributed by atoms with Gasteiger partial charge in [-0.1, -0.05) is 31.6 Å². The summed E-state index contributed by atoms with van der Waals surface area (Å²) in [7, 11) is 0. The Balaban J connectivity index is 1.48. The Hall–Kier alpha value is -1.51. The fraction of sp³-hybridized carbons (Fsp3) is 0.625. The molecule has 6 atom stereocenters. The highest BCUT2D eigenvalue weighted by atomic mass is 19.1. The molecule has 2 fully saturated rings. The van der Waals surface area contributed by atoms with E-state index in [4.69, 9.17) is 0 Å². The number of aromatic nitrogens is 1. The van der Waals surface area contributed by atoms with Crippen LogP contribution in [0.5, 0.6) is 0 Å². The molecule has 3 heteroatoms. The molecular weight excluding hydrogens is 340 g/mol. The van der Waals surface area contributed by atoms with Crippen LogP contribution in [0.4, 0.5) is 8.78 Å². The smallest absolute Gasteiger partial charge is 0.142 e. The minimum absolute atomic E-state index is 0.107. The number of nitrogens with zero attached hydrogens (tertiary/aromatic N) is 1. The Morgan fingerprint density at radius 2 is 1.81 bits per heavy atom. The second kappa shape index (κ2) is 5.99. The van der Waals surface area contributed by atoms with Crippen LogP contribution in [0.1, 0.15) is 64.4 Å². The Morgan fingerprint density at radius 3 is 2.63 bits per heavy atom. The lowest BCUT2D eigenvalue weighted by molar-refractivity contribution is -0.0165. The van der Waals surface area contributed by atoms with E-state index in [0.29, 0.717) is 24.2 Å². The monoisotopic (exact) mass is 369 g/mol. The summed E-state index contributed by atoms with van der Waals surface area (Å²) in [6.07, 6.45) is 14.1. The van der Waals surface area contributed by atoms with Gasteiger partial charge >= 0.3 is 0 Å². The maximum atomic E-state index is 14.0. The van der Waals surface area contributed by atoms with Crippen LogP contribution in [-0.4, -0.2) is 11.2 Å². The van der Waals surface area contributed by atoms with Gasteiger partial charge < -0.3 is 0 Å². The second-order valence-electron chi connectivity index (χ2n) is 9.80. The summed E-state index contributed by atoms with van der Waals surface area (Å²) in [6, 6.07) is 1.64. The number of fused-ring (bicyclic) bond motifs is 5. The van der Waals surface area contributed by atoms with Crippen molar-refractivity contribution < 1.29 is 8.78 Å². The van der Waals surface area contributed by atoms with E-state index in [0.717, 1.165) is 37.7 Å². The number of rotatable bonds is 1. The third kappa shape index (κ3) is 2.49. The molecule has 5 rings (SSSR count). The second-order valence-corrected chi connectivity index (χ2v) is 9.80. The number of halogens is 2. The Labute approximate surface area is 161 Å². The van der Waals surface area contributed by atoms with Gasteiger partial charge in [-0.2, -0.15) is 0 Å². The minimum atomic E-state index is -0.644. The Bertz CT molecular complexity index is 827. The third-order valence-electron chi connectivity index (χ3n) is 8.64. The fourth-order valence-electron chi connectivity index (χ4n) is 7.19. The maximum absolute atomic E-state index is 14.0. The molecule has 4 unspecified atom stereocenters. The topological polar surface area (TPSA) is 12.9 Å². The SMILES string of the molecule is C[C@]12CCC(F)CC1=CCC1C2CC[C@]2(C)C(c3cncc(F)c3)=CCC12. The van der Waals surface area contributed by atoms with E-state index in [2.05, 4.69) is 31.0 Å². The van der Waals surface area contributed by atoms with Crippen LogP contribution in [0, 0.1) is 34.4 Å². The van der Waals surface area contributed by atoms with Gasteiger partial charge in [-0.15, -0.1) is 0 Å². The van der Waals surface area contributed by atoms with E-state index >= 15 is 0 Å². The van der Waals surface area contributed by atoms with Crippen molar-refractivity contribution in [3.05, 3.63) is 47.6 Å². The van der Waals surface area contributed by atoms with E-state index in [-0.39, 0.29) is 16.6 Å². The lowest BCUT2D eigenvalue weighted by Gasteiger charge is -2.57. The van der Waals surface area contributed by atoms with Crippen LogP contribution < -0.4 is 0 Å². The summed E-state index contributed by atoms with van der Waals surface area (Å²) in [4.78, 5) is 4.09. The van der Waals surface area contributed by atoms with Crippen molar-refractivity contribution in [2.45, 2.75) is 65.0 Å². The van der Waals surface area contributed by atoms with Gasteiger partial charge in [-0.25, -0.2) is 8.78 Å². The molecule has 0 radical (unpaired) electrons. The summed E-state index contributed by atoms with van der Waals surface area (Å²) < 4.78 is 27.8. The molecule has 27 heavy (non-hydrogen) atoms. The number of pyridine rings is 1. The molecule has 1 heterocycles. The molecule has 1 nitrogen and oxygen atoms in total. The average Bonchev–Trinajstić information content (AvgIpc) is 2.99. The summed E-state index contributed by atoms with van der Waals surface area (Å²) in [5, 5.41) is 0. The first-order chi connectivity index (χ1) is 12.9. The zero-order chi connectivity index (χ0) is 18.8. The van der Waals surface area contributed by atoms with Crippen molar-refractivity contribution >= 4 is 5.57 Å². The Morgan fingerprint density at radius 1 is 1.00 bits per heavy atom. The lowest BCUT2D eigenvalue weighted by atomic mass is 9.47. The molecule has 0 aliphatic heterocycles.